The van der Waals surface area contributed by atoms with Gasteiger partial charge in [0.1, 0.15) is 5.71 Å². The summed E-state index contributed by atoms with van der Waals surface area (Å²) in [5, 5.41) is 22.2. The molecule has 0 spiro atoms. The van der Waals surface area contributed by atoms with Crippen molar-refractivity contribution in [3.8, 4) is 0 Å². The van der Waals surface area contributed by atoms with Crippen LogP contribution in [-0.2, 0) is 5.41 Å². The van der Waals surface area contributed by atoms with Gasteiger partial charge in [0, 0.05) is 11.5 Å². The van der Waals surface area contributed by atoms with Crippen LogP contribution in [0.4, 0.5) is 0 Å². The third-order valence-corrected chi connectivity index (χ3v) is 6.35. The highest BCUT2D eigenvalue weighted by Gasteiger charge is 2.37. The van der Waals surface area contributed by atoms with Gasteiger partial charge in [-0.2, -0.15) is 0 Å². The van der Waals surface area contributed by atoms with E-state index in [0.29, 0.717) is 11.6 Å². The fraction of sp³-hybridized carbons (Fsp3) is 0.214. The van der Waals surface area contributed by atoms with Crippen molar-refractivity contribution < 1.29 is 15.1 Å². The second-order valence-corrected chi connectivity index (χ2v) is 9.10. The molecule has 4 nitrogen and oxygen atoms in total. The molecule has 3 aromatic rings. The van der Waals surface area contributed by atoms with Crippen molar-refractivity contribution in [3.63, 3.8) is 0 Å². The zero-order valence-corrected chi connectivity index (χ0v) is 18.5. The average Bonchev–Trinajstić information content (AvgIpc) is 3.05. The van der Waals surface area contributed by atoms with E-state index >= 15 is 0 Å². The molecule has 4 rings (SSSR count). The van der Waals surface area contributed by atoms with Gasteiger partial charge in [-0.3, -0.25) is 0 Å². The number of benzene rings is 3. The number of hydrogen-bond acceptors (Lipinski definition) is 3. The number of aromatic carboxylic acids is 1. The first-order valence-electron chi connectivity index (χ1n) is 10.7. The highest BCUT2D eigenvalue weighted by atomic mass is 16.4. The maximum absolute atomic E-state index is 11.0. The Morgan fingerprint density at radius 1 is 1.00 bits per heavy atom. The van der Waals surface area contributed by atoms with Crippen molar-refractivity contribution in [3.05, 3.63) is 112 Å². The first-order valence-corrected chi connectivity index (χ1v) is 10.7. The second kappa shape index (κ2) is 8.46. The summed E-state index contributed by atoms with van der Waals surface area (Å²) in [5.41, 5.74) is 7.59. The topological polar surface area (TPSA) is 69.9 Å². The highest BCUT2D eigenvalue weighted by Crippen LogP contribution is 2.49. The molecule has 0 heterocycles. The normalized spacial score (nSPS) is 17.5. The molecule has 0 aromatic heterocycles. The van der Waals surface area contributed by atoms with Gasteiger partial charge in [-0.15, -0.1) is 0 Å². The van der Waals surface area contributed by atoms with Gasteiger partial charge in [-0.1, -0.05) is 79.2 Å². The number of carboxylic acids is 1. The SMILES string of the molecule is Cc1ccc(C2CC(C)(C)c3cc(C(/C=C/c4ccc(C(=O)O)cc4)=N\O)ccc32)cc1. The molecule has 1 aliphatic rings. The summed E-state index contributed by atoms with van der Waals surface area (Å²) < 4.78 is 0. The van der Waals surface area contributed by atoms with Crippen molar-refractivity contribution in [2.45, 2.75) is 38.5 Å². The molecule has 162 valence electrons. The Hall–Kier alpha value is -3.66. The molecule has 3 aromatic carbocycles. The Morgan fingerprint density at radius 2 is 1.66 bits per heavy atom. The monoisotopic (exact) mass is 425 g/mol. The van der Waals surface area contributed by atoms with Crippen LogP contribution in [0, 0.1) is 6.92 Å². The van der Waals surface area contributed by atoms with Crippen molar-refractivity contribution in [2.24, 2.45) is 5.16 Å². The summed E-state index contributed by atoms with van der Waals surface area (Å²) in [6.07, 6.45) is 4.59. The van der Waals surface area contributed by atoms with Crippen LogP contribution in [0.2, 0.25) is 0 Å². The Balaban J connectivity index is 1.63. The lowest BCUT2D eigenvalue weighted by Gasteiger charge is -2.20. The second-order valence-electron chi connectivity index (χ2n) is 9.10. The van der Waals surface area contributed by atoms with E-state index in [1.54, 1.807) is 30.3 Å². The Bertz CT molecular complexity index is 1200. The van der Waals surface area contributed by atoms with Gasteiger partial charge < -0.3 is 10.3 Å². The van der Waals surface area contributed by atoms with Crippen LogP contribution in [0.1, 0.15) is 69.9 Å². The molecule has 32 heavy (non-hydrogen) atoms. The largest absolute Gasteiger partial charge is 0.478 e. The lowest BCUT2D eigenvalue weighted by Crippen LogP contribution is -2.13. The average molecular weight is 426 g/mol. The lowest BCUT2D eigenvalue weighted by molar-refractivity contribution is 0.0697. The van der Waals surface area contributed by atoms with Gasteiger partial charge in [-0.25, -0.2) is 4.79 Å². The van der Waals surface area contributed by atoms with Gasteiger partial charge in [-0.05, 0) is 65.3 Å². The third kappa shape index (κ3) is 4.22. The summed E-state index contributed by atoms with van der Waals surface area (Å²) in [4.78, 5) is 11.0. The minimum atomic E-state index is -0.956. The van der Waals surface area contributed by atoms with Crippen molar-refractivity contribution in [1.82, 2.24) is 0 Å². The standard InChI is InChI=1S/C28H27NO3/c1-18-4-9-20(10-5-18)24-17-28(2,3)25-16-22(13-14-23(24)25)26(29-32)15-8-19-6-11-21(12-7-19)27(30)31/h4-16,24,32H,17H2,1-3H3,(H,30,31)/b15-8+,29-26-. The Kier molecular flexibility index (Phi) is 5.70. The van der Waals surface area contributed by atoms with Crippen molar-refractivity contribution in [2.75, 3.05) is 0 Å². The van der Waals surface area contributed by atoms with E-state index in [0.717, 1.165) is 17.5 Å². The number of hydrogen-bond donors (Lipinski definition) is 2. The fourth-order valence-corrected chi connectivity index (χ4v) is 4.53. The summed E-state index contributed by atoms with van der Waals surface area (Å²) >= 11 is 0. The van der Waals surface area contributed by atoms with Crippen LogP contribution in [0.25, 0.3) is 6.08 Å². The minimum Gasteiger partial charge on any atom is -0.478 e. The molecule has 0 radical (unpaired) electrons. The van der Waals surface area contributed by atoms with E-state index in [9.17, 15) is 10.0 Å². The molecule has 0 amide bonds. The first-order chi connectivity index (χ1) is 15.3. The molecule has 1 atom stereocenters. The summed E-state index contributed by atoms with van der Waals surface area (Å²) in [6.45, 7) is 6.63. The number of allylic oxidation sites excluding steroid dienone is 1. The molecule has 2 N–H and O–H groups in total. The number of fused-ring (bicyclic) bond motifs is 1. The third-order valence-electron chi connectivity index (χ3n) is 6.35. The lowest BCUT2D eigenvalue weighted by atomic mass is 9.84. The summed E-state index contributed by atoms with van der Waals surface area (Å²) in [6, 6.07) is 21.6. The van der Waals surface area contributed by atoms with Crippen LogP contribution in [-0.4, -0.2) is 22.0 Å². The number of carboxylic acid groups (broad SMARTS) is 1. The highest BCUT2D eigenvalue weighted by molar-refractivity contribution is 6.10. The number of aryl methyl sites for hydroxylation is 1. The van der Waals surface area contributed by atoms with E-state index in [-0.39, 0.29) is 11.0 Å². The van der Waals surface area contributed by atoms with E-state index in [1.807, 2.05) is 12.1 Å². The van der Waals surface area contributed by atoms with Crippen LogP contribution in [0.15, 0.2) is 78.0 Å². The molecule has 0 saturated heterocycles. The minimum absolute atomic E-state index is 0.0117. The summed E-state index contributed by atoms with van der Waals surface area (Å²) in [7, 11) is 0. The maximum atomic E-state index is 11.0. The predicted molar refractivity (Wildman–Crippen MR) is 128 cm³/mol. The van der Waals surface area contributed by atoms with Gasteiger partial charge >= 0.3 is 5.97 Å². The van der Waals surface area contributed by atoms with Crippen molar-refractivity contribution >= 4 is 17.8 Å². The van der Waals surface area contributed by atoms with Gasteiger partial charge in [0.2, 0.25) is 0 Å². The van der Waals surface area contributed by atoms with Crippen LogP contribution in [0.5, 0.6) is 0 Å². The maximum Gasteiger partial charge on any atom is 0.335 e. The number of oxime groups is 1. The predicted octanol–water partition coefficient (Wildman–Crippen LogP) is 6.40. The zero-order chi connectivity index (χ0) is 22.9. The van der Waals surface area contributed by atoms with E-state index in [4.69, 9.17) is 5.11 Å². The zero-order valence-electron chi connectivity index (χ0n) is 18.5. The van der Waals surface area contributed by atoms with Crippen LogP contribution < -0.4 is 0 Å². The smallest absolute Gasteiger partial charge is 0.335 e. The number of nitrogens with zero attached hydrogens (tertiary/aromatic N) is 1. The fourth-order valence-electron chi connectivity index (χ4n) is 4.53. The molecule has 0 bridgehead atoms. The molecule has 0 aliphatic heterocycles. The van der Waals surface area contributed by atoms with Gasteiger partial charge in [0.05, 0.1) is 5.56 Å². The first kappa shape index (κ1) is 21.6. The van der Waals surface area contributed by atoms with E-state index < -0.39 is 5.97 Å². The quantitative estimate of drug-likeness (QED) is 0.282. The molecule has 0 fully saturated rings. The van der Waals surface area contributed by atoms with Gasteiger partial charge in [0.15, 0.2) is 0 Å². The van der Waals surface area contributed by atoms with Crippen LogP contribution in [0.3, 0.4) is 0 Å². The number of rotatable bonds is 5. The van der Waals surface area contributed by atoms with Crippen LogP contribution >= 0.6 is 0 Å². The van der Waals surface area contributed by atoms with Gasteiger partial charge in [0.25, 0.3) is 0 Å². The molecule has 0 saturated carbocycles. The molecule has 4 heteroatoms. The van der Waals surface area contributed by atoms with E-state index in [2.05, 4.69) is 62.3 Å². The molecule has 1 aliphatic carbocycles. The molecule has 1 unspecified atom stereocenters. The Morgan fingerprint density at radius 3 is 2.28 bits per heavy atom. The molecular weight excluding hydrogens is 398 g/mol. The summed E-state index contributed by atoms with van der Waals surface area (Å²) in [5.74, 6) is -0.602. The van der Waals surface area contributed by atoms with E-state index in [1.165, 1.54) is 22.3 Å². The molecular formula is C28H27NO3. The number of carbonyl (C=O) groups is 1. The van der Waals surface area contributed by atoms with Crippen molar-refractivity contribution in [1.29, 1.82) is 0 Å². The Labute approximate surface area is 188 Å².